The molecule has 4 nitrogen and oxygen atoms in total. The lowest BCUT2D eigenvalue weighted by atomic mass is 10.4. The van der Waals surface area contributed by atoms with Gasteiger partial charge in [-0.05, 0) is 34.1 Å². The van der Waals surface area contributed by atoms with Crippen LogP contribution in [-0.4, -0.2) is 30.5 Å². The molecule has 0 aliphatic carbocycles. The van der Waals surface area contributed by atoms with Gasteiger partial charge in [0.25, 0.3) is 0 Å². The van der Waals surface area contributed by atoms with E-state index in [4.69, 9.17) is 9.05 Å². The third-order valence-corrected chi connectivity index (χ3v) is 4.41. The smallest absolute Gasteiger partial charge is 0.297 e. The van der Waals surface area contributed by atoms with Crippen LogP contribution in [0.1, 0.15) is 41.0 Å². The van der Waals surface area contributed by atoms with Gasteiger partial charge in [0, 0.05) is 12.6 Å². The van der Waals surface area contributed by atoms with Crippen molar-refractivity contribution in [3.05, 3.63) is 0 Å². The van der Waals surface area contributed by atoms with E-state index in [1.165, 1.54) is 0 Å². The SMILES string of the molecule is CCCN(C(C)C)P(=O)(OCC)OCC. The second-order valence-corrected chi connectivity index (χ2v) is 5.53. The summed E-state index contributed by atoms with van der Waals surface area (Å²) in [6.07, 6.45) is 0.933. The molecule has 0 aliphatic heterocycles. The van der Waals surface area contributed by atoms with Crippen molar-refractivity contribution in [2.45, 2.75) is 47.1 Å². The van der Waals surface area contributed by atoms with Crippen LogP contribution in [0, 0.1) is 0 Å². The molecule has 0 spiro atoms. The molecule has 0 radical (unpaired) electrons. The van der Waals surface area contributed by atoms with Gasteiger partial charge in [0.2, 0.25) is 0 Å². The summed E-state index contributed by atoms with van der Waals surface area (Å²) in [6, 6.07) is 0.161. The molecule has 0 N–H and O–H groups in total. The minimum Gasteiger partial charge on any atom is -0.297 e. The molecule has 0 saturated heterocycles. The molecule has 0 atom stereocenters. The Labute approximate surface area is 93.5 Å². The Hall–Kier alpha value is 0.110. The Balaban J connectivity index is 4.73. The largest absolute Gasteiger partial charge is 0.408 e. The van der Waals surface area contributed by atoms with Crippen LogP contribution in [-0.2, 0) is 13.6 Å². The van der Waals surface area contributed by atoms with E-state index in [2.05, 4.69) is 6.92 Å². The van der Waals surface area contributed by atoms with Crippen LogP contribution in [0.25, 0.3) is 0 Å². The Kier molecular flexibility index (Phi) is 7.45. The lowest BCUT2D eigenvalue weighted by Gasteiger charge is -2.32. The first kappa shape index (κ1) is 15.1. The second kappa shape index (κ2) is 7.39. The lowest BCUT2D eigenvalue weighted by molar-refractivity contribution is 0.155. The van der Waals surface area contributed by atoms with Gasteiger partial charge >= 0.3 is 7.75 Å². The van der Waals surface area contributed by atoms with Crippen molar-refractivity contribution in [1.82, 2.24) is 4.67 Å². The third kappa shape index (κ3) is 4.64. The van der Waals surface area contributed by atoms with Crippen molar-refractivity contribution in [3.63, 3.8) is 0 Å². The lowest BCUT2D eigenvalue weighted by Crippen LogP contribution is -2.30. The van der Waals surface area contributed by atoms with E-state index in [9.17, 15) is 4.57 Å². The fourth-order valence-corrected chi connectivity index (χ4v) is 3.44. The molecule has 92 valence electrons. The normalized spacial score (nSPS) is 12.7. The van der Waals surface area contributed by atoms with Crippen LogP contribution in [0.3, 0.4) is 0 Å². The van der Waals surface area contributed by atoms with Crippen molar-refractivity contribution >= 4 is 7.75 Å². The Morgan fingerprint density at radius 2 is 1.60 bits per heavy atom. The Morgan fingerprint density at radius 3 is 1.87 bits per heavy atom. The summed E-state index contributed by atoms with van der Waals surface area (Å²) in [6.45, 7) is 11.3. The van der Waals surface area contributed by atoms with Crippen LogP contribution in [0.5, 0.6) is 0 Å². The molecule has 0 aromatic heterocycles. The van der Waals surface area contributed by atoms with Gasteiger partial charge in [-0.3, -0.25) is 9.05 Å². The zero-order valence-corrected chi connectivity index (χ0v) is 11.4. The Bertz CT molecular complexity index is 199. The van der Waals surface area contributed by atoms with E-state index >= 15 is 0 Å². The van der Waals surface area contributed by atoms with E-state index in [-0.39, 0.29) is 6.04 Å². The van der Waals surface area contributed by atoms with Crippen molar-refractivity contribution in [1.29, 1.82) is 0 Å². The average molecular weight is 237 g/mol. The molecule has 0 bridgehead atoms. The van der Waals surface area contributed by atoms with Gasteiger partial charge in [0.1, 0.15) is 0 Å². The number of rotatable bonds is 8. The second-order valence-electron chi connectivity index (χ2n) is 3.56. The molecular weight excluding hydrogens is 213 g/mol. The average Bonchev–Trinajstić information content (AvgIpc) is 2.14. The Morgan fingerprint density at radius 1 is 1.13 bits per heavy atom. The van der Waals surface area contributed by atoms with E-state index < -0.39 is 7.75 Å². The predicted molar refractivity (Wildman–Crippen MR) is 63.0 cm³/mol. The highest BCUT2D eigenvalue weighted by atomic mass is 31.2. The van der Waals surface area contributed by atoms with Gasteiger partial charge in [-0.25, -0.2) is 9.24 Å². The van der Waals surface area contributed by atoms with E-state index in [1.54, 1.807) is 0 Å². The highest BCUT2D eigenvalue weighted by Gasteiger charge is 2.34. The molecule has 0 aromatic carbocycles. The maximum atomic E-state index is 12.4. The van der Waals surface area contributed by atoms with Gasteiger partial charge in [0.05, 0.1) is 13.2 Å². The van der Waals surface area contributed by atoms with Gasteiger partial charge in [-0.2, -0.15) is 0 Å². The minimum absolute atomic E-state index is 0.161. The van der Waals surface area contributed by atoms with Gasteiger partial charge in [0.15, 0.2) is 0 Å². The van der Waals surface area contributed by atoms with Gasteiger partial charge < -0.3 is 0 Å². The zero-order chi connectivity index (χ0) is 11.9. The highest BCUT2D eigenvalue weighted by molar-refractivity contribution is 7.51. The molecule has 0 aromatic rings. The molecule has 5 heteroatoms. The predicted octanol–water partition coefficient (Wildman–Crippen LogP) is 3.29. The summed E-state index contributed by atoms with van der Waals surface area (Å²) in [7, 11) is -3.07. The minimum atomic E-state index is -3.07. The maximum absolute atomic E-state index is 12.4. The quantitative estimate of drug-likeness (QED) is 0.607. The molecule has 0 fully saturated rings. The summed E-state index contributed by atoms with van der Waals surface area (Å²) in [4.78, 5) is 0. The van der Waals surface area contributed by atoms with Crippen LogP contribution < -0.4 is 0 Å². The number of hydrogen-bond donors (Lipinski definition) is 0. The van der Waals surface area contributed by atoms with E-state index in [0.717, 1.165) is 13.0 Å². The maximum Gasteiger partial charge on any atom is 0.408 e. The van der Waals surface area contributed by atoms with Crippen LogP contribution in [0.2, 0.25) is 0 Å². The van der Waals surface area contributed by atoms with E-state index in [0.29, 0.717) is 13.2 Å². The first-order valence-electron chi connectivity index (χ1n) is 5.68. The highest BCUT2D eigenvalue weighted by Crippen LogP contribution is 2.52. The topological polar surface area (TPSA) is 38.8 Å². The summed E-state index contributed by atoms with van der Waals surface area (Å²) in [5.41, 5.74) is 0. The summed E-state index contributed by atoms with van der Waals surface area (Å²) < 4.78 is 24.9. The summed E-state index contributed by atoms with van der Waals surface area (Å²) in [5, 5.41) is 0. The fraction of sp³-hybridized carbons (Fsp3) is 1.00. The number of hydrogen-bond acceptors (Lipinski definition) is 3. The molecule has 15 heavy (non-hydrogen) atoms. The first-order valence-corrected chi connectivity index (χ1v) is 7.17. The summed E-state index contributed by atoms with van der Waals surface area (Å²) in [5.74, 6) is 0. The van der Waals surface area contributed by atoms with Crippen molar-refractivity contribution in [2.75, 3.05) is 19.8 Å². The monoisotopic (exact) mass is 237 g/mol. The molecule has 0 rings (SSSR count). The van der Waals surface area contributed by atoms with Gasteiger partial charge in [-0.15, -0.1) is 0 Å². The van der Waals surface area contributed by atoms with Crippen molar-refractivity contribution in [2.24, 2.45) is 0 Å². The van der Waals surface area contributed by atoms with Crippen molar-refractivity contribution < 1.29 is 13.6 Å². The van der Waals surface area contributed by atoms with E-state index in [1.807, 2.05) is 32.4 Å². The summed E-state index contributed by atoms with van der Waals surface area (Å²) >= 11 is 0. The molecular formula is C10H24NO3P. The zero-order valence-electron chi connectivity index (χ0n) is 10.5. The van der Waals surface area contributed by atoms with Crippen LogP contribution in [0.15, 0.2) is 0 Å². The van der Waals surface area contributed by atoms with Crippen LogP contribution in [0.4, 0.5) is 0 Å². The van der Waals surface area contributed by atoms with Crippen molar-refractivity contribution in [3.8, 4) is 0 Å². The standard InChI is InChI=1S/C10H24NO3P/c1-6-9-11(10(4)5)15(12,13-7-2)14-8-3/h10H,6-9H2,1-5H3. The molecule has 0 unspecified atom stereocenters. The fourth-order valence-electron chi connectivity index (χ4n) is 1.40. The number of nitrogens with zero attached hydrogens (tertiary/aromatic N) is 1. The molecule has 0 amide bonds. The molecule has 0 heterocycles. The van der Waals surface area contributed by atoms with Crippen LogP contribution >= 0.6 is 7.75 Å². The van der Waals surface area contributed by atoms with Gasteiger partial charge in [-0.1, -0.05) is 6.92 Å². The molecule has 0 saturated carbocycles. The molecule has 0 aliphatic rings. The first-order chi connectivity index (χ1) is 7.01. The third-order valence-electron chi connectivity index (χ3n) is 1.95.